The molecule has 0 aliphatic carbocycles. The number of benzene rings is 1. The van der Waals surface area contributed by atoms with Crippen molar-refractivity contribution in [3.63, 3.8) is 0 Å². The lowest BCUT2D eigenvalue weighted by Gasteiger charge is -2.32. The molecular weight excluding hydrogens is 354 g/mol. The summed E-state index contributed by atoms with van der Waals surface area (Å²) < 4.78 is 5.59. The third kappa shape index (κ3) is 3.93. The number of rotatable bonds is 4. The highest BCUT2D eigenvalue weighted by molar-refractivity contribution is 5.75. The Morgan fingerprint density at radius 1 is 1.14 bits per heavy atom. The molecule has 2 aromatic rings. The number of nitrogens with two attached hydrogens (primary N) is 1. The average molecular weight is 379 g/mol. The fraction of sp³-hybridized carbons (Fsp3) is 0.381. The topological polar surface area (TPSA) is 95.5 Å². The van der Waals surface area contributed by atoms with Crippen molar-refractivity contribution < 1.29 is 9.53 Å². The van der Waals surface area contributed by atoms with Crippen LogP contribution >= 0.6 is 0 Å². The first-order chi connectivity index (χ1) is 13.6. The van der Waals surface area contributed by atoms with E-state index in [0.29, 0.717) is 13.1 Å². The highest BCUT2D eigenvalue weighted by Gasteiger charge is 2.26. The maximum absolute atomic E-state index is 12.5. The SMILES string of the molecule is N=C(N)N1Cc2ccc(COC(=O)C3CCN(c4ccncc4)CC3)cc2C1. The maximum atomic E-state index is 12.5. The Morgan fingerprint density at radius 3 is 2.57 bits per heavy atom. The van der Waals surface area contributed by atoms with E-state index in [2.05, 4.69) is 16.0 Å². The highest BCUT2D eigenvalue weighted by Crippen LogP contribution is 2.26. The van der Waals surface area contributed by atoms with Crippen LogP contribution in [-0.2, 0) is 29.2 Å². The molecule has 0 unspecified atom stereocenters. The molecule has 0 spiro atoms. The third-order valence-corrected chi connectivity index (χ3v) is 5.57. The predicted molar refractivity (Wildman–Crippen MR) is 107 cm³/mol. The number of pyridine rings is 1. The summed E-state index contributed by atoms with van der Waals surface area (Å²) in [6.45, 7) is 3.30. The van der Waals surface area contributed by atoms with Crippen molar-refractivity contribution in [2.24, 2.45) is 11.7 Å². The van der Waals surface area contributed by atoms with Crippen molar-refractivity contribution in [3.8, 4) is 0 Å². The van der Waals surface area contributed by atoms with Gasteiger partial charge in [0.15, 0.2) is 5.96 Å². The Morgan fingerprint density at radius 2 is 1.86 bits per heavy atom. The molecule has 4 rings (SSSR count). The monoisotopic (exact) mass is 379 g/mol. The van der Waals surface area contributed by atoms with Gasteiger partial charge in [0.2, 0.25) is 0 Å². The predicted octanol–water partition coefficient (Wildman–Crippen LogP) is 2.25. The second kappa shape index (κ2) is 7.88. The van der Waals surface area contributed by atoms with Gasteiger partial charge in [-0.3, -0.25) is 15.2 Å². The number of aromatic nitrogens is 1. The van der Waals surface area contributed by atoms with Crippen molar-refractivity contribution in [2.45, 2.75) is 32.5 Å². The van der Waals surface area contributed by atoms with Crippen LogP contribution < -0.4 is 10.6 Å². The summed E-state index contributed by atoms with van der Waals surface area (Å²) in [5.74, 6) is -0.0664. The number of carbonyl (C=O) groups excluding carboxylic acids is 1. The van der Waals surface area contributed by atoms with Crippen LogP contribution in [0.2, 0.25) is 0 Å². The summed E-state index contributed by atoms with van der Waals surface area (Å²) in [7, 11) is 0. The molecule has 7 heteroatoms. The van der Waals surface area contributed by atoms with Gasteiger partial charge in [0, 0.05) is 44.3 Å². The highest BCUT2D eigenvalue weighted by atomic mass is 16.5. The number of anilines is 1. The lowest BCUT2D eigenvalue weighted by molar-refractivity contribution is -0.150. The van der Waals surface area contributed by atoms with E-state index in [-0.39, 0.29) is 24.5 Å². The summed E-state index contributed by atoms with van der Waals surface area (Å²) >= 11 is 0. The molecule has 3 heterocycles. The molecule has 1 saturated heterocycles. The maximum Gasteiger partial charge on any atom is 0.309 e. The second-order valence-corrected chi connectivity index (χ2v) is 7.42. The van der Waals surface area contributed by atoms with Crippen molar-refractivity contribution in [2.75, 3.05) is 18.0 Å². The molecule has 28 heavy (non-hydrogen) atoms. The van der Waals surface area contributed by atoms with Gasteiger partial charge in [-0.25, -0.2) is 0 Å². The van der Waals surface area contributed by atoms with Crippen molar-refractivity contribution in [1.82, 2.24) is 9.88 Å². The summed E-state index contributed by atoms with van der Waals surface area (Å²) in [6.07, 6.45) is 5.20. The lowest BCUT2D eigenvalue weighted by Crippen LogP contribution is -2.36. The third-order valence-electron chi connectivity index (χ3n) is 5.57. The Bertz CT molecular complexity index is 862. The zero-order valence-electron chi connectivity index (χ0n) is 15.8. The van der Waals surface area contributed by atoms with E-state index in [9.17, 15) is 4.79 Å². The molecule has 0 radical (unpaired) electrons. The summed E-state index contributed by atoms with van der Waals surface area (Å²) in [6, 6.07) is 10.1. The first-order valence-electron chi connectivity index (χ1n) is 9.61. The minimum Gasteiger partial charge on any atom is -0.461 e. The minimum atomic E-state index is -0.111. The van der Waals surface area contributed by atoms with E-state index in [1.54, 1.807) is 12.4 Å². The molecule has 0 atom stereocenters. The van der Waals surface area contributed by atoms with Crippen LogP contribution in [0.1, 0.15) is 29.5 Å². The van der Waals surface area contributed by atoms with E-state index < -0.39 is 0 Å². The van der Waals surface area contributed by atoms with E-state index >= 15 is 0 Å². The largest absolute Gasteiger partial charge is 0.461 e. The average Bonchev–Trinajstić information content (AvgIpc) is 3.16. The van der Waals surface area contributed by atoms with Gasteiger partial charge in [-0.1, -0.05) is 18.2 Å². The smallest absolute Gasteiger partial charge is 0.309 e. The van der Waals surface area contributed by atoms with E-state index in [0.717, 1.165) is 42.7 Å². The van der Waals surface area contributed by atoms with Gasteiger partial charge in [-0.15, -0.1) is 0 Å². The Labute approximate surface area is 164 Å². The number of guanidine groups is 1. The van der Waals surface area contributed by atoms with Crippen LogP contribution in [0.5, 0.6) is 0 Å². The van der Waals surface area contributed by atoms with Gasteiger partial charge in [-0.2, -0.15) is 0 Å². The molecule has 0 bridgehead atoms. The van der Waals surface area contributed by atoms with E-state index in [4.69, 9.17) is 15.9 Å². The Balaban J connectivity index is 1.28. The quantitative estimate of drug-likeness (QED) is 0.481. The van der Waals surface area contributed by atoms with Crippen LogP contribution in [0.3, 0.4) is 0 Å². The number of nitrogens with zero attached hydrogens (tertiary/aromatic N) is 3. The van der Waals surface area contributed by atoms with Crippen molar-refractivity contribution >= 4 is 17.6 Å². The first kappa shape index (κ1) is 18.3. The number of hydrogen-bond acceptors (Lipinski definition) is 5. The van der Waals surface area contributed by atoms with Crippen LogP contribution in [0.15, 0.2) is 42.7 Å². The standard InChI is InChI=1S/C21H25N5O2/c22-21(23)26-12-17-2-1-15(11-18(17)13-26)14-28-20(27)16-5-9-25(10-6-16)19-3-7-24-8-4-19/h1-4,7-8,11,16H,5-6,9-10,12-14H2,(H3,22,23). The van der Waals surface area contributed by atoms with Gasteiger partial charge in [0.1, 0.15) is 6.61 Å². The molecule has 1 fully saturated rings. The summed E-state index contributed by atoms with van der Waals surface area (Å²) in [5, 5.41) is 7.57. The van der Waals surface area contributed by atoms with Crippen LogP contribution in [0.4, 0.5) is 5.69 Å². The number of piperidine rings is 1. The van der Waals surface area contributed by atoms with Crippen LogP contribution in [0.25, 0.3) is 0 Å². The fourth-order valence-corrected chi connectivity index (χ4v) is 3.91. The van der Waals surface area contributed by atoms with Gasteiger partial charge in [-0.05, 0) is 41.7 Å². The zero-order valence-corrected chi connectivity index (χ0v) is 15.8. The van der Waals surface area contributed by atoms with E-state index in [1.165, 1.54) is 5.56 Å². The normalized spacial score (nSPS) is 16.7. The number of fused-ring (bicyclic) bond motifs is 1. The second-order valence-electron chi connectivity index (χ2n) is 7.42. The number of carbonyl (C=O) groups is 1. The van der Waals surface area contributed by atoms with Crippen LogP contribution in [0, 0.1) is 11.3 Å². The number of hydrogen-bond donors (Lipinski definition) is 2. The molecule has 1 aromatic heterocycles. The molecule has 2 aliphatic rings. The molecule has 3 N–H and O–H groups in total. The zero-order chi connectivity index (χ0) is 19.5. The summed E-state index contributed by atoms with van der Waals surface area (Å²) in [5.41, 5.74) is 10.0. The first-order valence-corrected chi connectivity index (χ1v) is 9.61. The van der Waals surface area contributed by atoms with Crippen LogP contribution in [-0.4, -0.2) is 34.9 Å². The van der Waals surface area contributed by atoms with E-state index in [1.807, 2.05) is 29.2 Å². The van der Waals surface area contributed by atoms with Gasteiger partial charge in [0.25, 0.3) is 0 Å². The lowest BCUT2D eigenvalue weighted by atomic mass is 9.96. The Hall–Kier alpha value is -3.09. The summed E-state index contributed by atoms with van der Waals surface area (Å²) in [4.78, 5) is 20.6. The van der Waals surface area contributed by atoms with Gasteiger partial charge in [0.05, 0.1) is 5.92 Å². The Kier molecular flexibility index (Phi) is 5.14. The van der Waals surface area contributed by atoms with Crippen molar-refractivity contribution in [3.05, 3.63) is 59.4 Å². The molecule has 1 aromatic carbocycles. The molecular formula is C21H25N5O2. The number of esters is 1. The van der Waals surface area contributed by atoms with Crippen molar-refractivity contribution in [1.29, 1.82) is 5.41 Å². The molecule has 2 aliphatic heterocycles. The molecule has 146 valence electrons. The molecule has 0 amide bonds. The number of nitrogens with one attached hydrogen (secondary N) is 1. The molecule has 0 saturated carbocycles. The fourth-order valence-electron chi connectivity index (χ4n) is 3.91. The van der Waals surface area contributed by atoms with Gasteiger partial charge < -0.3 is 20.3 Å². The minimum absolute atomic E-state index is 0.0410. The molecule has 7 nitrogen and oxygen atoms in total. The number of ether oxygens (including phenoxy) is 1. The van der Waals surface area contributed by atoms with Gasteiger partial charge >= 0.3 is 5.97 Å².